The molecule has 1 heterocycles. The second-order valence-corrected chi connectivity index (χ2v) is 6.85. The lowest BCUT2D eigenvalue weighted by molar-refractivity contribution is -0.114. The van der Waals surface area contributed by atoms with Crippen molar-refractivity contribution in [3.8, 4) is 0 Å². The molecule has 0 bridgehead atoms. The third-order valence-corrected chi connectivity index (χ3v) is 4.97. The van der Waals surface area contributed by atoms with Crippen LogP contribution in [0, 0.1) is 0 Å². The van der Waals surface area contributed by atoms with E-state index in [9.17, 15) is 13.2 Å². The number of carbonyl (C=O) groups excluding carboxylic acids is 1. The van der Waals surface area contributed by atoms with Gasteiger partial charge >= 0.3 is 0 Å². The third kappa shape index (κ3) is 3.74. The van der Waals surface area contributed by atoms with Crippen molar-refractivity contribution < 1.29 is 13.2 Å². The molecule has 4 N–H and O–H groups in total. The first kappa shape index (κ1) is 15.4. The highest BCUT2D eigenvalue weighted by atomic mass is 32.2. The van der Waals surface area contributed by atoms with Crippen LogP contribution >= 0.6 is 11.3 Å². The molecule has 0 aliphatic carbocycles. The van der Waals surface area contributed by atoms with Crippen LogP contribution in [0.25, 0.3) is 0 Å². The SMILES string of the molecule is CC(=O)Nc1nnc(S(=O)(=O)Nc2ccccc2CN)s1. The number of nitrogens with zero attached hydrogens (tertiary/aromatic N) is 2. The zero-order chi connectivity index (χ0) is 15.5. The Bertz CT molecular complexity index is 757. The lowest BCUT2D eigenvalue weighted by Crippen LogP contribution is -2.15. The molecule has 0 aliphatic rings. The first-order chi connectivity index (χ1) is 9.92. The highest BCUT2D eigenvalue weighted by Gasteiger charge is 2.21. The number of nitrogens with one attached hydrogen (secondary N) is 2. The smallest absolute Gasteiger partial charge is 0.291 e. The van der Waals surface area contributed by atoms with Gasteiger partial charge in [-0.2, -0.15) is 8.42 Å². The van der Waals surface area contributed by atoms with Gasteiger partial charge in [0.2, 0.25) is 11.0 Å². The molecule has 21 heavy (non-hydrogen) atoms. The van der Waals surface area contributed by atoms with E-state index in [4.69, 9.17) is 5.73 Å². The van der Waals surface area contributed by atoms with Crippen molar-refractivity contribution in [3.05, 3.63) is 29.8 Å². The lowest BCUT2D eigenvalue weighted by atomic mass is 10.2. The van der Waals surface area contributed by atoms with E-state index in [0.717, 1.165) is 11.3 Å². The molecule has 0 spiro atoms. The Morgan fingerprint density at radius 2 is 2.05 bits per heavy atom. The summed E-state index contributed by atoms with van der Waals surface area (Å²) in [7, 11) is -3.87. The molecule has 10 heteroatoms. The molecule has 0 unspecified atom stereocenters. The first-order valence-electron chi connectivity index (χ1n) is 5.84. The van der Waals surface area contributed by atoms with Gasteiger partial charge < -0.3 is 11.1 Å². The van der Waals surface area contributed by atoms with Crippen molar-refractivity contribution in [1.29, 1.82) is 0 Å². The second-order valence-electron chi connectivity index (χ2n) is 4.02. The van der Waals surface area contributed by atoms with Crippen LogP contribution in [0.15, 0.2) is 28.6 Å². The Morgan fingerprint density at radius 1 is 1.33 bits per heavy atom. The molecule has 1 aromatic heterocycles. The summed E-state index contributed by atoms with van der Waals surface area (Å²) in [5, 5.41) is 9.66. The van der Waals surface area contributed by atoms with Crippen LogP contribution in [0.3, 0.4) is 0 Å². The molecule has 0 saturated heterocycles. The topological polar surface area (TPSA) is 127 Å². The maximum atomic E-state index is 12.2. The van der Waals surface area contributed by atoms with Crippen molar-refractivity contribution in [3.63, 3.8) is 0 Å². The summed E-state index contributed by atoms with van der Waals surface area (Å²) in [6, 6.07) is 6.79. The second kappa shape index (κ2) is 6.16. The molecule has 0 aliphatic heterocycles. The molecule has 0 radical (unpaired) electrons. The van der Waals surface area contributed by atoms with Gasteiger partial charge in [0.15, 0.2) is 0 Å². The number of benzene rings is 1. The van der Waals surface area contributed by atoms with Crippen LogP contribution in [-0.4, -0.2) is 24.5 Å². The van der Waals surface area contributed by atoms with E-state index in [1.165, 1.54) is 6.92 Å². The minimum atomic E-state index is -3.87. The van der Waals surface area contributed by atoms with E-state index in [0.29, 0.717) is 11.3 Å². The van der Waals surface area contributed by atoms with E-state index in [2.05, 4.69) is 20.2 Å². The van der Waals surface area contributed by atoms with Gasteiger partial charge in [-0.25, -0.2) is 0 Å². The summed E-state index contributed by atoms with van der Waals surface area (Å²) >= 11 is 0.765. The van der Waals surface area contributed by atoms with Gasteiger partial charge in [0.05, 0.1) is 5.69 Å². The fraction of sp³-hybridized carbons (Fsp3) is 0.182. The van der Waals surface area contributed by atoms with E-state index in [1.807, 2.05) is 0 Å². The minimum absolute atomic E-state index is 0.120. The summed E-state index contributed by atoms with van der Waals surface area (Å²) in [6.45, 7) is 1.50. The standard InChI is InChI=1S/C11H13N5O3S2/c1-7(17)13-10-14-15-11(20-10)21(18,19)16-9-5-3-2-4-8(9)6-12/h2-5,16H,6,12H2,1H3,(H,13,14,17). The number of nitrogens with two attached hydrogens (primary N) is 1. The predicted molar refractivity (Wildman–Crippen MR) is 79.4 cm³/mol. The summed E-state index contributed by atoms with van der Waals surface area (Å²) < 4.78 is 26.6. The summed E-state index contributed by atoms with van der Waals surface area (Å²) in [4.78, 5) is 10.9. The van der Waals surface area contributed by atoms with Gasteiger partial charge in [-0.3, -0.25) is 9.52 Å². The van der Waals surface area contributed by atoms with Crippen molar-refractivity contribution in [2.45, 2.75) is 17.8 Å². The van der Waals surface area contributed by atoms with Crippen LogP contribution < -0.4 is 15.8 Å². The quantitative estimate of drug-likeness (QED) is 0.696. The zero-order valence-corrected chi connectivity index (χ0v) is 12.7. The van der Waals surface area contributed by atoms with Gasteiger partial charge in [-0.05, 0) is 11.6 Å². The Balaban J connectivity index is 2.26. The maximum absolute atomic E-state index is 12.2. The molecular weight excluding hydrogens is 314 g/mol. The Hall–Kier alpha value is -2.04. The normalized spacial score (nSPS) is 11.1. The summed E-state index contributed by atoms with van der Waals surface area (Å²) in [5.74, 6) is -0.350. The van der Waals surface area contributed by atoms with Crippen LogP contribution in [0.4, 0.5) is 10.8 Å². The van der Waals surface area contributed by atoms with E-state index in [1.54, 1.807) is 24.3 Å². The molecule has 0 fully saturated rings. The van der Waals surface area contributed by atoms with Crippen LogP contribution in [-0.2, 0) is 21.4 Å². The number of hydrogen-bond acceptors (Lipinski definition) is 7. The average Bonchev–Trinajstić information content (AvgIpc) is 2.87. The number of rotatable bonds is 5. The van der Waals surface area contributed by atoms with E-state index < -0.39 is 10.0 Å². The van der Waals surface area contributed by atoms with Crippen molar-refractivity contribution >= 4 is 38.1 Å². The van der Waals surface area contributed by atoms with Gasteiger partial charge in [0.25, 0.3) is 14.4 Å². The molecule has 0 atom stereocenters. The first-order valence-corrected chi connectivity index (χ1v) is 8.14. The highest BCUT2D eigenvalue weighted by Crippen LogP contribution is 2.24. The number of aromatic nitrogens is 2. The number of sulfonamides is 1. The number of amides is 1. The molecule has 1 amide bonds. The van der Waals surface area contributed by atoms with Crippen LogP contribution in [0.1, 0.15) is 12.5 Å². The minimum Gasteiger partial charge on any atom is -0.326 e. The molecule has 0 saturated carbocycles. The number of hydrogen-bond donors (Lipinski definition) is 3. The predicted octanol–water partition coefficient (Wildman–Crippen LogP) is 0.756. The number of para-hydroxylation sites is 1. The largest absolute Gasteiger partial charge is 0.326 e. The van der Waals surface area contributed by atoms with Gasteiger partial charge in [-0.15, -0.1) is 10.2 Å². The fourth-order valence-corrected chi connectivity index (χ4v) is 3.55. The van der Waals surface area contributed by atoms with Crippen molar-refractivity contribution in [2.75, 3.05) is 10.0 Å². The Labute approximate surface area is 125 Å². The third-order valence-electron chi connectivity index (χ3n) is 2.40. The van der Waals surface area contributed by atoms with E-state index >= 15 is 0 Å². The molecule has 2 rings (SSSR count). The van der Waals surface area contributed by atoms with Crippen molar-refractivity contribution in [2.24, 2.45) is 5.73 Å². The zero-order valence-electron chi connectivity index (χ0n) is 11.0. The van der Waals surface area contributed by atoms with Gasteiger partial charge in [0.1, 0.15) is 0 Å². The highest BCUT2D eigenvalue weighted by molar-refractivity contribution is 7.94. The fourth-order valence-electron chi connectivity index (χ4n) is 1.51. The molecule has 2 aromatic rings. The number of anilines is 2. The van der Waals surface area contributed by atoms with Crippen LogP contribution in [0.2, 0.25) is 0 Å². The molecule has 8 nitrogen and oxygen atoms in total. The van der Waals surface area contributed by atoms with E-state index in [-0.39, 0.29) is 21.9 Å². The summed E-state index contributed by atoms with van der Waals surface area (Å²) in [5.41, 5.74) is 6.60. The number of carbonyl (C=O) groups is 1. The molecule has 1 aromatic carbocycles. The Kier molecular flexibility index (Phi) is 4.50. The monoisotopic (exact) mass is 327 g/mol. The van der Waals surface area contributed by atoms with Gasteiger partial charge in [0, 0.05) is 13.5 Å². The average molecular weight is 327 g/mol. The maximum Gasteiger partial charge on any atom is 0.291 e. The molecule has 112 valence electrons. The lowest BCUT2D eigenvalue weighted by Gasteiger charge is -2.09. The van der Waals surface area contributed by atoms with Gasteiger partial charge in [-0.1, -0.05) is 29.5 Å². The van der Waals surface area contributed by atoms with Crippen LogP contribution in [0.5, 0.6) is 0 Å². The van der Waals surface area contributed by atoms with Crippen molar-refractivity contribution in [1.82, 2.24) is 10.2 Å². The molecular formula is C11H13N5O3S2. The summed E-state index contributed by atoms with van der Waals surface area (Å²) in [6.07, 6.45) is 0. The Morgan fingerprint density at radius 3 is 2.71 bits per heavy atom.